The molecule has 1 amide bonds. The lowest BCUT2D eigenvalue weighted by Crippen LogP contribution is -2.20. The fourth-order valence-electron chi connectivity index (χ4n) is 1.97. The van der Waals surface area contributed by atoms with Crippen LogP contribution >= 0.6 is 11.3 Å². The Morgan fingerprint density at radius 3 is 2.71 bits per heavy atom. The molecule has 3 rings (SSSR count). The van der Waals surface area contributed by atoms with E-state index in [4.69, 9.17) is 4.74 Å². The first kappa shape index (κ1) is 16.1. The molecule has 1 aromatic carbocycles. The summed E-state index contributed by atoms with van der Waals surface area (Å²) in [6.45, 7) is 3.70. The van der Waals surface area contributed by atoms with Crippen LogP contribution in [0.4, 0.5) is 5.13 Å². The second kappa shape index (κ2) is 7.18. The van der Waals surface area contributed by atoms with E-state index in [0.717, 1.165) is 17.0 Å². The van der Waals surface area contributed by atoms with Crippen LogP contribution < -0.4 is 10.1 Å². The van der Waals surface area contributed by atoms with Gasteiger partial charge in [-0.2, -0.15) is 0 Å². The maximum Gasteiger partial charge on any atom is 0.317 e. The van der Waals surface area contributed by atoms with Crippen LogP contribution in [0.1, 0.15) is 11.3 Å². The summed E-state index contributed by atoms with van der Waals surface area (Å²) in [5.41, 5.74) is 3.82. The molecule has 1 N–H and O–H groups in total. The van der Waals surface area contributed by atoms with Crippen molar-refractivity contribution < 1.29 is 9.53 Å². The number of aromatic nitrogens is 3. The van der Waals surface area contributed by atoms with Gasteiger partial charge in [-0.05, 0) is 19.9 Å². The number of amides is 1. The SMILES string of the molecule is Cc1ccc(-c2csc(NC(=O)COc3nccc(C)n3)n2)cc1. The average Bonchev–Trinajstić information content (AvgIpc) is 3.02. The summed E-state index contributed by atoms with van der Waals surface area (Å²) in [4.78, 5) is 24.4. The molecular weight excluding hydrogens is 324 g/mol. The number of aryl methyl sites for hydroxylation is 2. The summed E-state index contributed by atoms with van der Waals surface area (Å²) >= 11 is 1.37. The quantitative estimate of drug-likeness (QED) is 0.771. The lowest BCUT2D eigenvalue weighted by molar-refractivity contribution is -0.118. The van der Waals surface area contributed by atoms with Crippen LogP contribution in [-0.4, -0.2) is 27.5 Å². The summed E-state index contributed by atoms with van der Waals surface area (Å²) in [7, 11) is 0. The van der Waals surface area contributed by atoms with Crippen molar-refractivity contribution in [3.05, 3.63) is 53.2 Å². The summed E-state index contributed by atoms with van der Waals surface area (Å²) in [5, 5.41) is 5.16. The molecule has 0 saturated carbocycles. The van der Waals surface area contributed by atoms with Crippen molar-refractivity contribution >= 4 is 22.4 Å². The van der Waals surface area contributed by atoms with E-state index in [9.17, 15) is 4.79 Å². The van der Waals surface area contributed by atoms with Crippen molar-refractivity contribution in [2.45, 2.75) is 13.8 Å². The molecular formula is C17H16N4O2S. The minimum atomic E-state index is -0.301. The van der Waals surface area contributed by atoms with Gasteiger partial charge in [-0.1, -0.05) is 29.8 Å². The highest BCUT2D eigenvalue weighted by Gasteiger charge is 2.09. The van der Waals surface area contributed by atoms with E-state index < -0.39 is 0 Å². The lowest BCUT2D eigenvalue weighted by Gasteiger charge is -2.04. The zero-order valence-corrected chi connectivity index (χ0v) is 14.1. The fourth-order valence-corrected chi connectivity index (χ4v) is 2.70. The third kappa shape index (κ3) is 4.14. The first-order valence-electron chi connectivity index (χ1n) is 7.35. The van der Waals surface area contributed by atoms with Gasteiger partial charge in [-0.3, -0.25) is 10.1 Å². The van der Waals surface area contributed by atoms with Crippen LogP contribution in [0.2, 0.25) is 0 Å². The molecule has 0 aliphatic heterocycles. The molecule has 122 valence electrons. The normalized spacial score (nSPS) is 10.4. The van der Waals surface area contributed by atoms with Gasteiger partial charge in [0.2, 0.25) is 0 Å². The van der Waals surface area contributed by atoms with E-state index in [0.29, 0.717) is 5.13 Å². The van der Waals surface area contributed by atoms with Gasteiger partial charge in [-0.25, -0.2) is 15.0 Å². The van der Waals surface area contributed by atoms with Crippen LogP contribution in [0.25, 0.3) is 11.3 Å². The van der Waals surface area contributed by atoms with E-state index in [-0.39, 0.29) is 18.5 Å². The van der Waals surface area contributed by atoms with Crippen LogP contribution in [0.15, 0.2) is 41.9 Å². The molecule has 0 unspecified atom stereocenters. The van der Waals surface area contributed by atoms with E-state index in [2.05, 4.69) is 20.3 Å². The van der Waals surface area contributed by atoms with Crippen LogP contribution in [0.3, 0.4) is 0 Å². The third-order valence-electron chi connectivity index (χ3n) is 3.20. The zero-order chi connectivity index (χ0) is 16.9. The molecule has 0 spiro atoms. The molecule has 2 heterocycles. The van der Waals surface area contributed by atoms with E-state index >= 15 is 0 Å². The number of nitrogens with one attached hydrogen (secondary N) is 1. The monoisotopic (exact) mass is 340 g/mol. The van der Waals surface area contributed by atoms with Crippen molar-refractivity contribution in [1.82, 2.24) is 15.0 Å². The Labute approximate surface area is 143 Å². The molecule has 24 heavy (non-hydrogen) atoms. The largest absolute Gasteiger partial charge is 0.453 e. The lowest BCUT2D eigenvalue weighted by atomic mass is 10.1. The number of anilines is 1. The number of nitrogens with zero attached hydrogens (tertiary/aromatic N) is 3. The Morgan fingerprint density at radius 2 is 1.96 bits per heavy atom. The van der Waals surface area contributed by atoms with Crippen molar-refractivity contribution in [3.63, 3.8) is 0 Å². The second-order valence-electron chi connectivity index (χ2n) is 5.22. The predicted octanol–water partition coefficient (Wildman–Crippen LogP) is 3.23. The Bertz CT molecular complexity index is 846. The van der Waals surface area contributed by atoms with Gasteiger partial charge in [0.1, 0.15) is 0 Å². The van der Waals surface area contributed by atoms with Gasteiger partial charge < -0.3 is 4.74 Å². The number of thiazole rings is 1. The molecule has 3 aromatic rings. The average molecular weight is 340 g/mol. The number of carbonyl (C=O) groups excluding carboxylic acids is 1. The van der Waals surface area contributed by atoms with Crippen LogP contribution in [0.5, 0.6) is 6.01 Å². The number of hydrogen-bond acceptors (Lipinski definition) is 6. The minimum Gasteiger partial charge on any atom is -0.453 e. The maximum absolute atomic E-state index is 11.9. The van der Waals surface area contributed by atoms with Crippen molar-refractivity contribution in [3.8, 4) is 17.3 Å². The van der Waals surface area contributed by atoms with Gasteiger partial charge in [0.25, 0.3) is 5.91 Å². The summed E-state index contributed by atoms with van der Waals surface area (Å²) in [5.74, 6) is -0.301. The number of benzene rings is 1. The molecule has 7 heteroatoms. The fraction of sp³-hybridized carbons (Fsp3) is 0.176. The van der Waals surface area contributed by atoms with Crippen LogP contribution in [0, 0.1) is 13.8 Å². The number of hydrogen-bond donors (Lipinski definition) is 1. The topological polar surface area (TPSA) is 77.0 Å². The zero-order valence-electron chi connectivity index (χ0n) is 13.3. The van der Waals surface area contributed by atoms with Gasteiger partial charge in [0, 0.05) is 22.8 Å². The van der Waals surface area contributed by atoms with Crippen molar-refractivity contribution in [2.24, 2.45) is 0 Å². The van der Waals surface area contributed by atoms with Gasteiger partial charge in [-0.15, -0.1) is 11.3 Å². The van der Waals surface area contributed by atoms with E-state index in [1.54, 1.807) is 12.3 Å². The molecule has 6 nitrogen and oxygen atoms in total. The summed E-state index contributed by atoms with van der Waals surface area (Å²) in [6.07, 6.45) is 1.59. The Kier molecular flexibility index (Phi) is 4.81. The minimum absolute atomic E-state index is 0.164. The molecule has 0 radical (unpaired) electrons. The molecule has 0 fully saturated rings. The smallest absolute Gasteiger partial charge is 0.317 e. The Balaban J connectivity index is 1.58. The van der Waals surface area contributed by atoms with Gasteiger partial charge >= 0.3 is 6.01 Å². The Hall–Kier alpha value is -2.80. The molecule has 0 saturated heterocycles. The molecule has 2 aromatic heterocycles. The van der Waals surface area contributed by atoms with Crippen molar-refractivity contribution in [1.29, 1.82) is 0 Å². The maximum atomic E-state index is 11.9. The number of ether oxygens (including phenoxy) is 1. The molecule has 0 aliphatic carbocycles. The van der Waals surface area contributed by atoms with Gasteiger partial charge in [0.05, 0.1) is 5.69 Å². The summed E-state index contributed by atoms with van der Waals surface area (Å²) < 4.78 is 5.27. The first-order chi connectivity index (χ1) is 11.6. The molecule has 0 bridgehead atoms. The van der Waals surface area contributed by atoms with E-state index in [1.165, 1.54) is 16.9 Å². The molecule has 0 aliphatic rings. The van der Waals surface area contributed by atoms with Crippen molar-refractivity contribution in [2.75, 3.05) is 11.9 Å². The van der Waals surface area contributed by atoms with E-state index in [1.807, 2.05) is 43.5 Å². The highest BCUT2D eigenvalue weighted by Crippen LogP contribution is 2.25. The predicted molar refractivity (Wildman–Crippen MR) is 93.2 cm³/mol. The first-order valence-corrected chi connectivity index (χ1v) is 8.23. The number of rotatable bonds is 5. The highest BCUT2D eigenvalue weighted by atomic mass is 32.1. The third-order valence-corrected chi connectivity index (χ3v) is 3.96. The van der Waals surface area contributed by atoms with Crippen LogP contribution in [-0.2, 0) is 4.79 Å². The standard InChI is InChI=1S/C17H16N4O2S/c1-11-3-5-13(6-4-11)14-10-24-17(20-14)21-15(22)9-23-16-18-8-7-12(2)19-16/h3-8,10H,9H2,1-2H3,(H,20,21,22). The number of carbonyl (C=O) groups is 1. The molecule has 0 atom stereocenters. The summed E-state index contributed by atoms with van der Waals surface area (Å²) in [6, 6.07) is 10.0. The van der Waals surface area contributed by atoms with Gasteiger partial charge in [0.15, 0.2) is 11.7 Å². The second-order valence-corrected chi connectivity index (χ2v) is 6.08. The highest BCUT2D eigenvalue weighted by molar-refractivity contribution is 7.14. The Morgan fingerprint density at radius 1 is 1.17 bits per heavy atom.